The predicted molar refractivity (Wildman–Crippen MR) is 74.8 cm³/mol. The fourth-order valence-corrected chi connectivity index (χ4v) is 2.91. The molecule has 0 aliphatic rings. The van der Waals surface area contributed by atoms with Crippen LogP contribution in [0, 0.1) is 0 Å². The molecule has 0 aliphatic heterocycles. The Morgan fingerprint density at radius 2 is 2.00 bits per heavy atom. The Bertz CT molecular complexity index is 644. The van der Waals surface area contributed by atoms with E-state index < -0.39 is 0 Å². The molecule has 90 valence electrons. The van der Waals surface area contributed by atoms with E-state index in [9.17, 15) is 0 Å². The fourth-order valence-electron chi connectivity index (χ4n) is 2.15. The second-order valence-corrected chi connectivity index (χ2v) is 4.94. The van der Waals surface area contributed by atoms with Gasteiger partial charge in [-0.25, -0.2) is 4.98 Å². The minimum Gasteiger partial charge on any atom is -0.307 e. The molecule has 0 radical (unpaired) electrons. The van der Waals surface area contributed by atoms with Crippen LogP contribution in [0.15, 0.2) is 48.1 Å². The molecule has 1 atom stereocenters. The number of aromatic nitrogens is 2. The molecule has 0 bridgehead atoms. The fraction of sp³-hybridized carbons (Fsp3) is 0.143. The number of para-hydroxylation sites is 1. The highest BCUT2D eigenvalue weighted by molar-refractivity contribution is 7.09. The lowest BCUT2D eigenvalue weighted by atomic mass is 10.0. The van der Waals surface area contributed by atoms with Gasteiger partial charge in [0.1, 0.15) is 5.01 Å². The third kappa shape index (κ3) is 1.89. The van der Waals surface area contributed by atoms with Gasteiger partial charge in [-0.3, -0.25) is 4.98 Å². The van der Waals surface area contributed by atoms with Crippen LogP contribution < -0.4 is 5.32 Å². The van der Waals surface area contributed by atoms with E-state index in [-0.39, 0.29) is 6.04 Å². The summed E-state index contributed by atoms with van der Waals surface area (Å²) in [6, 6.07) is 10.4. The Morgan fingerprint density at radius 1 is 1.11 bits per heavy atom. The van der Waals surface area contributed by atoms with Crippen LogP contribution in [0.25, 0.3) is 10.9 Å². The van der Waals surface area contributed by atoms with Crippen LogP contribution in [0.1, 0.15) is 16.6 Å². The quantitative estimate of drug-likeness (QED) is 0.781. The van der Waals surface area contributed by atoms with Gasteiger partial charge in [0.15, 0.2) is 0 Å². The number of benzene rings is 1. The highest BCUT2D eigenvalue weighted by Crippen LogP contribution is 2.28. The zero-order chi connectivity index (χ0) is 12.4. The Kier molecular flexibility index (Phi) is 3.04. The lowest BCUT2D eigenvalue weighted by molar-refractivity contribution is 0.690. The standard InChI is InChI=1S/C14H13N3S/c1-15-13(14-17-8-9-18-14)11-6-2-4-10-5-3-7-16-12(10)11/h2-9,13,15H,1H3. The van der Waals surface area contributed by atoms with E-state index in [0.29, 0.717) is 0 Å². The Labute approximate surface area is 110 Å². The number of pyridine rings is 1. The molecular weight excluding hydrogens is 242 g/mol. The van der Waals surface area contributed by atoms with E-state index in [1.165, 1.54) is 5.56 Å². The molecule has 3 rings (SSSR count). The highest BCUT2D eigenvalue weighted by atomic mass is 32.1. The molecule has 0 spiro atoms. The minimum absolute atomic E-state index is 0.101. The van der Waals surface area contributed by atoms with Crippen LogP contribution in [0.2, 0.25) is 0 Å². The molecule has 0 aliphatic carbocycles. The lowest BCUT2D eigenvalue weighted by Crippen LogP contribution is -2.17. The van der Waals surface area contributed by atoms with E-state index in [4.69, 9.17) is 0 Å². The summed E-state index contributed by atoms with van der Waals surface area (Å²) in [6.07, 6.45) is 3.67. The van der Waals surface area contributed by atoms with Gasteiger partial charge in [-0.05, 0) is 13.1 Å². The molecule has 0 amide bonds. The molecule has 1 aromatic carbocycles. The third-order valence-electron chi connectivity index (χ3n) is 2.96. The number of nitrogens with zero attached hydrogens (tertiary/aromatic N) is 2. The van der Waals surface area contributed by atoms with Gasteiger partial charge in [0.25, 0.3) is 0 Å². The maximum Gasteiger partial charge on any atom is 0.114 e. The lowest BCUT2D eigenvalue weighted by Gasteiger charge is -2.15. The molecule has 2 aromatic heterocycles. The summed E-state index contributed by atoms with van der Waals surface area (Å²) in [5.41, 5.74) is 2.21. The van der Waals surface area contributed by atoms with Gasteiger partial charge in [-0.2, -0.15) is 0 Å². The molecule has 0 saturated carbocycles. The average molecular weight is 255 g/mol. The topological polar surface area (TPSA) is 37.8 Å². The first kappa shape index (κ1) is 11.3. The summed E-state index contributed by atoms with van der Waals surface area (Å²) < 4.78 is 0. The van der Waals surface area contributed by atoms with Gasteiger partial charge in [-0.15, -0.1) is 11.3 Å². The molecule has 18 heavy (non-hydrogen) atoms. The van der Waals surface area contributed by atoms with Gasteiger partial charge >= 0.3 is 0 Å². The largest absolute Gasteiger partial charge is 0.307 e. The van der Waals surface area contributed by atoms with Crippen molar-refractivity contribution in [2.45, 2.75) is 6.04 Å². The Hall–Kier alpha value is -1.78. The van der Waals surface area contributed by atoms with Crippen molar-refractivity contribution >= 4 is 22.2 Å². The van der Waals surface area contributed by atoms with E-state index in [1.54, 1.807) is 11.3 Å². The van der Waals surface area contributed by atoms with Crippen molar-refractivity contribution in [1.29, 1.82) is 0 Å². The van der Waals surface area contributed by atoms with E-state index in [2.05, 4.69) is 39.6 Å². The molecular formula is C14H13N3S. The van der Waals surface area contributed by atoms with Crippen molar-refractivity contribution in [1.82, 2.24) is 15.3 Å². The van der Waals surface area contributed by atoms with Crippen LogP contribution in [0.5, 0.6) is 0 Å². The first-order valence-electron chi connectivity index (χ1n) is 5.80. The maximum atomic E-state index is 4.50. The molecule has 1 N–H and O–H groups in total. The third-order valence-corrected chi connectivity index (χ3v) is 3.80. The van der Waals surface area contributed by atoms with E-state index >= 15 is 0 Å². The summed E-state index contributed by atoms with van der Waals surface area (Å²) in [6.45, 7) is 0. The summed E-state index contributed by atoms with van der Waals surface area (Å²) in [7, 11) is 1.95. The molecule has 1 unspecified atom stereocenters. The zero-order valence-electron chi connectivity index (χ0n) is 10.00. The summed E-state index contributed by atoms with van der Waals surface area (Å²) in [4.78, 5) is 8.90. The number of fused-ring (bicyclic) bond motifs is 1. The predicted octanol–water partition coefficient (Wildman–Crippen LogP) is 3.00. The number of thiazole rings is 1. The van der Waals surface area contributed by atoms with E-state index in [1.807, 2.05) is 30.9 Å². The van der Waals surface area contributed by atoms with Crippen molar-refractivity contribution in [3.63, 3.8) is 0 Å². The van der Waals surface area contributed by atoms with Gasteiger partial charge < -0.3 is 5.32 Å². The zero-order valence-corrected chi connectivity index (χ0v) is 10.8. The van der Waals surface area contributed by atoms with Gasteiger partial charge in [0, 0.05) is 28.7 Å². The van der Waals surface area contributed by atoms with Gasteiger partial charge in [0.2, 0.25) is 0 Å². The summed E-state index contributed by atoms with van der Waals surface area (Å²) in [5.74, 6) is 0. The number of hydrogen-bond donors (Lipinski definition) is 1. The first-order valence-corrected chi connectivity index (χ1v) is 6.68. The summed E-state index contributed by atoms with van der Waals surface area (Å²) in [5, 5.41) is 7.54. The number of hydrogen-bond acceptors (Lipinski definition) is 4. The highest BCUT2D eigenvalue weighted by Gasteiger charge is 2.17. The molecule has 4 heteroatoms. The molecule has 3 aromatic rings. The Balaban J connectivity index is 2.18. The van der Waals surface area contributed by atoms with Crippen LogP contribution in [0.4, 0.5) is 0 Å². The van der Waals surface area contributed by atoms with Gasteiger partial charge in [0.05, 0.1) is 11.6 Å². The smallest absolute Gasteiger partial charge is 0.114 e. The second kappa shape index (κ2) is 4.84. The Morgan fingerprint density at radius 3 is 2.78 bits per heavy atom. The van der Waals surface area contributed by atoms with Crippen molar-refractivity contribution in [3.05, 3.63) is 58.7 Å². The van der Waals surface area contributed by atoms with Crippen LogP contribution in [-0.4, -0.2) is 17.0 Å². The monoisotopic (exact) mass is 255 g/mol. The maximum absolute atomic E-state index is 4.50. The van der Waals surface area contributed by atoms with Crippen molar-refractivity contribution in [2.75, 3.05) is 7.05 Å². The minimum atomic E-state index is 0.101. The molecule has 0 fully saturated rings. The van der Waals surface area contributed by atoms with Crippen LogP contribution >= 0.6 is 11.3 Å². The number of rotatable bonds is 3. The molecule has 3 nitrogen and oxygen atoms in total. The number of nitrogens with one attached hydrogen (secondary N) is 1. The SMILES string of the molecule is CNC(c1nccs1)c1cccc2cccnc12. The van der Waals surface area contributed by atoms with Crippen molar-refractivity contribution in [2.24, 2.45) is 0 Å². The average Bonchev–Trinajstić information content (AvgIpc) is 2.94. The van der Waals surface area contributed by atoms with E-state index in [0.717, 1.165) is 15.9 Å². The van der Waals surface area contributed by atoms with Gasteiger partial charge in [-0.1, -0.05) is 24.3 Å². The first-order chi connectivity index (χ1) is 8.90. The molecule has 2 heterocycles. The molecule has 0 saturated heterocycles. The summed E-state index contributed by atoms with van der Waals surface area (Å²) >= 11 is 1.66. The second-order valence-electron chi connectivity index (χ2n) is 4.01. The van der Waals surface area contributed by atoms with Crippen LogP contribution in [0.3, 0.4) is 0 Å². The normalized spacial score (nSPS) is 12.7. The van der Waals surface area contributed by atoms with Crippen molar-refractivity contribution < 1.29 is 0 Å². The van der Waals surface area contributed by atoms with Crippen LogP contribution in [-0.2, 0) is 0 Å². The van der Waals surface area contributed by atoms with Crippen molar-refractivity contribution in [3.8, 4) is 0 Å².